The van der Waals surface area contributed by atoms with Gasteiger partial charge >= 0.3 is 0 Å². The fourth-order valence-electron chi connectivity index (χ4n) is 2.34. The van der Waals surface area contributed by atoms with Crippen molar-refractivity contribution in [2.75, 3.05) is 0 Å². The minimum Gasteiger partial charge on any atom is -0.390 e. The van der Waals surface area contributed by atoms with E-state index < -0.39 is 24.4 Å². The topological polar surface area (TPSA) is 80.9 Å². The lowest BCUT2D eigenvalue weighted by atomic mass is 10.0. The van der Waals surface area contributed by atoms with E-state index in [1.165, 1.54) is 0 Å². The predicted molar refractivity (Wildman–Crippen MR) is 115 cm³/mol. The van der Waals surface area contributed by atoms with Crippen LogP contribution in [0.3, 0.4) is 0 Å². The fourth-order valence-corrected chi connectivity index (χ4v) is 3.38. The molecule has 156 valence electrons. The average molecular weight is 470 g/mol. The molecule has 0 aliphatic heterocycles. The Hall–Kier alpha value is -0.560. The Morgan fingerprint density at radius 3 is 1.21 bits per heavy atom. The first kappa shape index (κ1) is 25.5. The van der Waals surface area contributed by atoms with Gasteiger partial charge in [-0.3, -0.25) is 0 Å². The van der Waals surface area contributed by atoms with E-state index >= 15 is 0 Å². The minimum atomic E-state index is -0.954. The number of rotatable bonds is 6. The Bertz CT molecular complexity index is 693. The summed E-state index contributed by atoms with van der Waals surface area (Å²) in [6, 6.07) is 9.60. The molecule has 0 amide bonds. The van der Waals surface area contributed by atoms with Crippen molar-refractivity contribution >= 4 is 46.4 Å². The summed E-state index contributed by atoms with van der Waals surface area (Å²) in [7, 11) is 0. The van der Waals surface area contributed by atoms with Crippen LogP contribution < -0.4 is 0 Å². The molecule has 0 aromatic heterocycles. The standard InChI is InChI=1S/2C10H12Cl2O2/c2*1-2-9(13)10(14)7-4-3-6(11)5-8(7)12/h2*3-5,9-10,13-14H,2H2,1H3/t2*9-,10-/m10/s1. The zero-order chi connectivity index (χ0) is 21.4. The van der Waals surface area contributed by atoms with Crippen LogP contribution in [0.4, 0.5) is 0 Å². The quantitative estimate of drug-likeness (QED) is 0.444. The van der Waals surface area contributed by atoms with Crippen molar-refractivity contribution in [3.8, 4) is 0 Å². The molecule has 2 aromatic rings. The molecular formula is C20H24Cl4O4. The van der Waals surface area contributed by atoms with Crippen LogP contribution in [-0.2, 0) is 0 Å². The number of aliphatic hydroxyl groups excluding tert-OH is 4. The zero-order valence-corrected chi connectivity index (χ0v) is 18.5. The van der Waals surface area contributed by atoms with Gasteiger partial charge in [0.2, 0.25) is 0 Å². The SMILES string of the molecule is CC[C@@H](O)[C@H](O)c1ccc(Cl)cc1Cl.CC[C@H](O)[C@@H](O)c1ccc(Cl)cc1Cl. The lowest BCUT2D eigenvalue weighted by molar-refractivity contribution is 0.0165. The Balaban J connectivity index is 0.000000280. The van der Waals surface area contributed by atoms with Crippen LogP contribution in [-0.4, -0.2) is 32.6 Å². The van der Waals surface area contributed by atoms with Gasteiger partial charge in [0.1, 0.15) is 12.2 Å². The first-order chi connectivity index (χ1) is 13.1. The van der Waals surface area contributed by atoms with Crippen LogP contribution in [0.1, 0.15) is 50.0 Å². The van der Waals surface area contributed by atoms with E-state index in [0.29, 0.717) is 44.1 Å². The summed E-state index contributed by atoms with van der Waals surface area (Å²) in [5.41, 5.74) is 1.01. The smallest absolute Gasteiger partial charge is 0.106 e. The summed E-state index contributed by atoms with van der Waals surface area (Å²) in [6.45, 7) is 3.58. The van der Waals surface area contributed by atoms with Crippen LogP contribution in [0.15, 0.2) is 36.4 Å². The molecule has 4 N–H and O–H groups in total. The maximum atomic E-state index is 9.68. The van der Waals surface area contributed by atoms with Gasteiger partial charge in [0.05, 0.1) is 12.2 Å². The number of benzene rings is 2. The molecular weight excluding hydrogens is 446 g/mol. The molecule has 0 saturated carbocycles. The monoisotopic (exact) mass is 468 g/mol. The molecule has 28 heavy (non-hydrogen) atoms. The second kappa shape index (κ2) is 12.2. The fraction of sp³-hybridized carbons (Fsp3) is 0.400. The van der Waals surface area contributed by atoms with Crippen molar-refractivity contribution in [1.82, 2.24) is 0 Å². The Morgan fingerprint density at radius 1 is 0.643 bits per heavy atom. The maximum absolute atomic E-state index is 9.68. The van der Waals surface area contributed by atoms with Crippen LogP contribution in [0.2, 0.25) is 20.1 Å². The van der Waals surface area contributed by atoms with E-state index in [4.69, 9.17) is 46.4 Å². The second-order valence-corrected chi connectivity index (χ2v) is 7.86. The number of halogens is 4. The van der Waals surface area contributed by atoms with Gasteiger partial charge in [-0.05, 0) is 37.1 Å². The molecule has 0 aliphatic rings. The molecule has 0 unspecified atom stereocenters. The van der Waals surface area contributed by atoms with Crippen molar-refractivity contribution in [1.29, 1.82) is 0 Å². The van der Waals surface area contributed by atoms with Crippen molar-refractivity contribution in [3.63, 3.8) is 0 Å². The Labute approximate surface area is 185 Å². The van der Waals surface area contributed by atoms with E-state index in [0.717, 1.165) is 0 Å². The summed E-state index contributed by atoms with van der Waals surface area (Å²) >= 11 is 23.2. The molecule has 0 heterocycles. The highest BCUT2D eigenvalue weighted by Gasteiger charge is 2.19. The van der Waals surface area contributed by atoms with Gasteiger partial charge in [0.15, 0.2) is 0 Å². The largest absolute Gasteiger partial charge is 0.390 e. The molecule has 0 bridgehead atoms. The van der Waals surface area contributed by atoms with E-state index in [-0.39, 0.29) is 0 Å². The van der Waals surface area contributed by atoms with Crippen LogP contribution in [0.25, 0.3) is 0 Å². The van der Waals surface area contributed by atoms with E-state index in [9.17, 15) is 20.4 Å². The van der Waals surface area contributed by atoms with Gasteiger partial charge in [0.25, 0.3) is 0 Å². The summed E-state index contributed by atoms with van der Waals surface area (Å²) < 4.78 is 0. The summed E-state index contributed by atoms with van der Waals surface area (Å²) in [4.78, 5) is 0. The Morgan fingerprint density at radius 2 is 0.964 bits per heavy atom. The summed E-state index contributed by atoms with van der Waals surface area (Å²) in [6.07, 6.45) is -2.56. The number of aliphatic hydroxyl groups is 4. The van der Waals surface area contributed by atoms with Gasteiger partial charge in [-0.15, -0.1) is 0 Å². The van der Waals surface area contributed by atoms with Gasteiger partial charge in [-0.1, -0.05) is 72.4 Å². The maximum Gasteiger partial charge on any atom is 0.106 e. The lowest BCUT2D eigenvalue weighted by Crippen LogP contribution is -2.17. The molecule has 2 aromatic carbocycles. The third kappa shape index (κ3) is 7.36. The third-order valence-electron chi connectivity index (χ3n) is 4.13. The average Bonchev–Trinajstić information content (AvgIpc) is 2.66. The number of hydrogen-bond acceptors (Lipinski definition) is 4. The molecule has 8 heteroatoms. The van der Waals surface area contributed by atoms with Gasteiger partial charge < -0.3 is 20.4 Å². The Kier molecular flexibility index (Phi) is 11.1. The summed E-state index contributed by atoms with van der Waals surface area (Å²) in [5.74, 6) is 0. The third-order valence-corrected chi connectivity index (χ3v) is 5.25. The molecule has 2 rings (SSSR count). The first-order valence-corrected chi connectivity index (χ1v) is 10.3. The van der Waals surface area contributed by atoms with Crippen LogP contribution >= 0.6 is 46.4 Å². The molecule has 0 fully saturated rings. The molecule has 4 nitrogen and oxygen atoms in total. The molecule has 0 saturated heterocycles. The highest BCUT2D eigenvalue weighted by Crippen LogP contribution is 2.29. The molecule has 4 atom stereocenters. The van der Waals surface area contributed by atoms with Gasteiger partial charge in [0, 0.05) is 31.2 Å². The van der Waals surface area contributed by atoms with E-state index in [2.05, 4.69) is 0 Å². The van der Waals surface area contributed by atoms with Crippen molar-refractivity contribution < 1.29 is 20.4 Å². The van der Waals surface area contributed by atoms with Crippen molar-refractivity contribution in [2.24, 2.45) is 0 Å². The van der Waals surface area contributed by atoms with Crippen molar-refractivity contribution in [2.45, 2.75) is 51.1 Å². The first-order valence-electron chi connectivity index (χ1n) is 8.74. The van der Waals surface area contributed by atoms with E-state index in [1.807, 2.05) is 0 Å². The highest BCUT2D eigenvalue weighted by atomic mass is 35.5. The van der Waals surface area contributed by atoms with E-state index in [1.54, 1.807) is 50.2 Å². The predicted octanol–water partition coefficient (Wildman–Crippen LogP) is 5.60. The zero-order valence-electron chi connectivity index (χ0n) is 15.5. The van der Waals surface area contributed by atoms with Crippen LogP contribution in [0.5, 0.6) is 0 Å². The molecule has 0 aliphatic carbocycles. The van der Waals surface area contributed by atoms with Crippen molar-refractivity contribution in [3.05, 3.63) is 67.6 Å². The number of hydrogen-bond donors (Lipinski definition) is 4. The van der Waals surface area contributed by atoms with Gasteiger partial charge in [-0.2, -0.15) is 0 Å². The molecule has 0 spiro atoms. The minimum absolute atomic E-state index is 0.373. The summed E-state index contributed by atoms with van der Waals surface area (Å²) in [5, 5.41) is 40.0. The van der Waals surface area contributed by atoms with Gasteiger partial charge in [-0.25, -0.2) is 0 Å². The normalized spacial score (nSPS) is 15.2. The molecule has 0 radical (unpaired) electrons. The van der Waals surface area contributed by atoms with Crippen LogP contribution in [0, 0.1) is 0 Å². The lowest BCUT2D eigenvalue weighted by Gasteiger charge is -2.17. The highest BCUT2D eigenvalue weighted by molar-refractivity contribution is 6.35. The second-order valence-electron chi connectivity index (χ2n) is 6.17.